The highest BCUT2D eigenvalue weighted by molar-refractivity contribution is 5.68. The smallest absolute Gasteiger partial charge is 0.407 e. The summed E-state index contributed by atoms with van der Waals surface area (Å²) < 4.78 is 35.9. The molecule has 218 valence electrons. The molecule has 3 N–H and O–H groups in total. The zero-order valence-electron chi connectivity index (χ0n) is 22.8. The maximum atomic E-state index is 12.0. The molecule has 0 atom stereocenters. The van der Waals surface area contributed by atoms with Crippen molar-refractivity contribution in [1.29, 1.82) is 0 Å². The second kappa shape index (κ2) is 22.7. The van der Waals surface area contributed by atoms with E-state index >= 15 is 0 Å². The molecule has 0 aliphatic rings. The van der Waals surface area contributed by atoms with Crippen LogP contribution < -0.4 is 16.0 Å². The number of carbonyl (C=O) groups is 3. The van der Waals surface area contributed by atoms with Gasteiger partial charge in [-0.2, -0.15) is 0 Å². The van der Waals surface area contributed by atoms with Gasteiger partial charge in [-0.25, -0.2) is 14.4 Å². The molecule has 13 heteroatoms. The third kappa shape index (κ3) is 24.3. The molecule has 0 saturated heterocycles. The minimum absolute atomic E-state index is 0.0224. The molecule has 13 nitrogen and oxygen atoms in total. The molecule has 0 aromatic rings. The summed E-state index contributed by atoms with van der Waals surface area (Å²) in [6.45, 7) is 17.0. The number of nitrogens with one attached hydrogen (secondary N) is 3. The molecule has 0 unspecified atom stereocenters. The van der Waals surface area contributed by atoms with Crippen LogP contribution in [0, 0.1) is 5.92 Å². The van der Waals surface area contributed by atoms with Gasteiger partial charge < -0.3 is 49.1 Å². The molecule has 0 heterocycles. The highest BCUT2D eigenvalue weighted by Crippen LogP contribution is 2.03. The fourth-order valence-electron chi connectivity index (χ4n) is 2.31. The lowest BCUT2D eigenvalue weighted by atomic mass is 10.2. The van der Waals surface area contributed by atoms with Crippen LogP contribution in [0.25, 0.3) is 0 Å². The summed E-state index contributed by atoms with van der Waals surface area (Å²) in [5, 5.41) is 7.64. The molecule has 0 aromatic heterocycles. The predicted octanol–water partition coefficient (Wildman–Crippen LogP) is 3.19. The van der Waals surface area contributed by atoms with E-state index in [1.165, 1.54) is 0 Å². The fraction of sp³-hybridized carbons (Fsp3) is 0.640. The molecule has 0 saturated carbocycles. The van der Waals surface area contributed by atoms with Gasteiger partial charge in [0.1, 0.15) is 19.8 Å². The second-order valence-electron chi connectivity index (χ2n) is 8.25. The summed E-state index contributed by atoms with van der Waals surface area (Å²) in [5.74, 6) is 0.431. The first-order valence-corrected chi connectivity index (χ1v) is 12.2. The Bertz CT molecular complexity index is 703. The molecule has 0 aliphatic heterocycles. The number of allylic oxidation sites excluding steroid dienone is 3. The van der Waals surface area contributed by atoms with Crippen molar-refractivity contribution >= 4 is 18.3 Å². The number of hydrogen-bond acceptors (Lipinski definition) is 10. The largest absolute Gasteiger partial charge is 0.473 e. The Hall–Kier alpha value is -3.45. The lowest BCUT2D eigenvalue weighted by Crippen LogP contribution is -2.35. The Labute approximate surface area is 224 Å². The molecular formula is C25H43N3O10. The highest BCUT2D eigenvalue weighted by atomic mass is 16.7. The van der Waals surface area contributed by atoms with Crippen LogP contribution in [-0.4, -0.2) is 84.5 Å². The van der Waals surface area contributed by atoms with E-state index in [1.807, 2.05) is 6.92 Å². The summed E-state index contributed by atoms with van der Waals surface area (Å²) in [6, 6.07) is 0. The molecule has 0 rings (SSSR count). The van der Waals surface area contributed by atoms with Crippen LogP contribution in [0.2, 0.25) is 0 Å². The van der Waals surface area contributed by atoms with E-state index in [9.17, 15) is 14.4 Å². The van der Waals surface area contributed by atoms with Gasteiger partial charge in [0.05, 0.1) is 30.6 Å². The minimum atomic E-state index is -0.706. The van der Waals surface area contributed by atoms with Crippen molar-refractivity contribution in [2.45, 2.75) is 33.6 Å². The molecule has 0 bridgehead atoms. The third-order valence-corrected chi connectivity index (χ3v) is 4.21. The molecule has 0 radical (unpaired) electrons. The summed E-state index contributed by atoms with van der Waals surface area (Å²) in [7, 11) is 0. The first kappa shape index (κ1) is 34.6. The van der Waals surface area contributed by atoms with Crippen molar-refractivity contribution in [1.82, 2.24) is 16.0 Å². The Morgan fingerprint density at radius 2 is 1.03 bits per heavy atom. The van der Waals surface area contributed by atoms with Gasteiger partial charge in [-0.1, -0.05) is 18.7 Å². The van der Waals surface area contributed by atoms with Crippen molar-refractivity contribution in [3.63, 3.8) is 0 Å². The lowest BCUT2D eigenvalue weighted by Gasteiger charge is -2.18. The number of carbonyl (C=O) groups excluding carboxylic acids is 3. The maximum Gasteiger partial charge on any atom is 0.407 e. The number of hydrogen-bond donors (Lipinski definition) is 3. The van der Waals surface area contributed by atoms with Gasteiger partial charge in [-0.05, 0) is 33.6 Å². The number of amides is 3. The van der Waals surface area contributed by atoms with E-state index in [0.717, 1.165) is 18.4 Å². The van der Waals surface area contributed by atoms with E-state index in [-0.39, 0.29) is 59.7 Å². The van der Waals surface area contributed by atoms with E-state index in [0.29, 0.717) is 18.1 Å². The summed E-state index contributed by atoms with van der Waals surface area (Å²) >= 11 is 0. The van der Waals surface area contributed by atoms with Crippen LogP contribution >= 0.6 is 0 Å². The molecule has 3 amide bonds. The average molecular weight is 546 g/mol. The monoisotopic (exact) mass is 545 g/mol. The normalized spacial score (nSPS) is 10.2. The van der Waals surface area contributed by atoms with E-state index in [4.69, 9.17) is 33.2 Å². The van der Waals surface area contributed by atoms with Crippen LogP contribution in [0.3, 0.4) is 0 Å². The fourth-order valence-corrected chi connectivity index (χ4v) is 2.31. The van der Waals surface area contributed by atoms with E-state index < -0.39 is 24.2 Å². The zero-order valence-corrected chi connectivity index (χ0v) is 22.8. The second-order valence-corrected chi connectivity index (χ2v) is 8.25. The Morgan fingerprint density at radius 1 is 0.632 bits per heavy atom. The third-order valence-electron chi connectivity index (χ3n) is 4.21. The number of ether oxygens (including phenoxy) is 7. The van der Waals surface area contributed by atoms with Gasteiger partial charge in [0.25, 0.3) is 0 Å². The topological polar surface area (TPSA) is 152 Å². The van der Waals surface area contributed by atoms with Gasteiger partial charge in [-0.3, -0.25) is 0 Å². The van der Waals surface area contributed by atoms with Gasteiger partial charge in [0, 0.05) is 19.6 Å². The van der Waals surface area contributed by atoms with Crippen LogP contribution in [0.4, 0.5) is 14.4 Å². The molecule has 0 spiro atoms. The Morgan fingerprint density at radius 3 is 1.39 bits per heavy atom. The molecular weight excluding hydrogens is 502 g/mol. The van der Waals surface area contributed by atoms with Gasteiger partial charge in [-0.15, -0.1) is 6.58 Å². The number of rotatable bonds is 22. The molecule has 0 aromatic carbocycles. The molecule has 0 fully saturated rings. The standard InChI is InChI=1S/C25H43N3O10/c1-19(2)8-7-9-26-23(29)34-14-22(15-35-24(30)27-10-12-32-17-37-20(3)4)16-36-25(31)28-11-13-33-18-38-21(5)6/h22H,1,3,5,7-18H2,2,4,6H3,(H,26,29)(H,27,30)(H,28,31). The average Bonchev–Trinajstić information content (AvgIpc) is 2.85. The van der Waals surface area contributed by atoms with Crippen molar-refractivity contribution in [3.05, 3.63) is 36.8 Å². The minimum Gasteiger partial charge on any atom is -0.473 e. The molecule has 0 aliphatic carbocycles. The van der Waals surface area contributed by atoms with Gasteiger partial charge in [0.2, 0.25) is 0 Å². The summed E-state index contributed by atoms with van der Waals surface area (Å²) in [6.07, 6.45) is -0.530. The van der Waals surface area contributed by atoms with Crippen LogP contribution in [0.15, 0.2) is 36.8 Å². The van der Waals surface area contributed by atoms with Crippen molar-refractivity contribution < 1.29 is 47.5 Å². The van der Waals surface area contributed by atoms with Crippen molar-refractivity contribution in [2.75, 3.05) is 66.3 Å². The zero-order chi connectivity index (χ0) is 28.6. The predicted molar refractivity (Wildman–Crippen MR) is 139 cm³/mol. The SMILES string of the molecule is C=C(C)CCCNC(=O)OCC(COC(=O)NCCOCOC(=C)C)COC(=O)NCCOCOC(=C)C. The summed E-state index contributed by atoms with van der Waals surface area (Å²) in [4.78, 5) is 35.9. The van der Waals surface area contributed by atoms with Crippen LogP contribution in [0.5, 0.6) is 0 Å². The maximum absolute atomic E-state index is 12.0. The Kier molecular flexibility index (Phi) is 20.7. The molecule has 38 heavy (non-hydrogen) atoms. The number of alkyl carbamates (subject to hydrolysis) is 3. The van der Waals surface area contributed by atoms with Crippen LogP contribution in [-0.2, 0) is 33.2 Å². The quantitative estimate of drug-likeness (QED) is 0.0608. The van der Waals surface area contributed by atoms with Crippen molar-refractivity contribution in [3.8, 4) is 0 Å². The van der Waals surface area contributed by atoms with Crippen molar-refractivity contribution in [2.24, 2.45) is 5.92 Å². The summed E-state index contributed by atoms with van der Waals surface area (Å²) in [5.41, 5.74) is 1.02. The van der Waals surface area contributed by atoms with Gasteiger partial charge >= 0.3 is 18.3 Å². The first-order valence-electron chi connectivity index (χ1n) is 12.2. The van der Waals surface area contributed by atoms with E-state index in [2.05, 4.69) is 35.7 Å². The lowest BCUT2D eigenvalue weighted by molar-refractivity contribution is -0.0211. The Balaban J connectivity index is 4.42. The van der Waals surface area contributed by atoms with Gasteiger partial charge in [0.15, 0.2) is 13.6 Å². The van der Waals surface area contributed by atoms with E-state index in [1.54, 1.807) is 13.8 Å². The first-order chi connectivity index (χ1) is 18.1. The highest BCUT2D eigenvalue weighted by Gasteiger charge is 2.17. The van der Waals surface area contributed by atoms with Crippen LogP contribution in [0.1, 0.15) is 33.6 Å².